The molecule has 1 aromatic carbocycles. The van der Waals surface area contributed by atoms with Gasteiger partial charge in [0.2, 0.25) is 0 Å². The van der Waals surface area contributed by atoms with Gasteiger partial charge in [0.25, 0.3) is 0 Å². The zero-order valence-corrected chi connectivity index (χ0v) is 13.8. The summed E-state index contributed by atoms with van der Waals surface area (Å²) >= 11 is 3.65. The normalized spacial score (nSPS) is 12.5. The molecule has 0 amide bonds. The first-order chi connectivity index (χ1) is 10.3. The van der Waals surface area contributed by atoms with Gasteiger partial charge in [0.1, 0.15) is 0 Å². The van der Waals surface area contributed by atoms with Gasteiger partial charge in [0.05, 0.1) is 16.6 Å². The topological polar surface area (TPSA) is 17.8 Å². The van der Waals surface area contributed by atoms with Crippen LogP contribution in [-0.4, -0.2) is 15.8 Å². The van der Waals surface area contributed by atoms with E-state index in [9.17, 15) is 0 Å². The maximum Gasteiger partial charge on any atom is 0.0951 e. The summed E-state index contributed by atoms with van der Waals surface area (Å²) in [4.78, 5) is 5.49. The van der Waals surface area contributed by atoms with Crippen molar-refractivity contribution in [1.82, 2.24) is 9.55 Å². The number of imidazole rings is 1. The Bertz CT molecular complexity index is 684. The first-order valence-electron chi connectivity index (χ1n) is 7.03. The molecule has 2 aromatic heterocycles. The van der Waals surface area contributed by atoms with Crippen LogP contribution in [0, 0.1) is 0 Å². The molecule has 1 unspecified atom stereocenters. The lowest BCUT2D eigenvalue weighted by Crippen LogP contribution is -2.07. The lowest BCUT2D eigenvalue weighted by atomic mass is 10.0. The Morgan fingerprint density at radius 2 is 2.00 bits per heavy atom. The lowest BCUT2D eigenvalue weighted by molar-refractivity contribution is 0.566. The zero-order valence-electron chi connectivity index (χ0n) is 12.2. The highest BCUT2D eigenvalue weighted by molar-refractivity contribution is 8.00. The summed E-state index contributed by atoms with van der Waals surface area (Å²) < 4.78 is 3.53. The second-order valence-electron chi connectivity index (χ2n) is 4.88. The van der Waals surface area contributed by atoms with Gasteiger partial charge in [0, 0.05) is 17.3 Å². The molecule has 0 aliphatic heterocycles. The van der Waals surface area contributed by atoms with Crippen LogP contribution in [0.5, 0.6) is 0 Å². The van der Waals surface area contributed by atoms with Crippen molar-refractivity contribution in [3.63, 3.8) is 0 Å². The van der Waals surface area contributed by atoms with Gasteiger partial charge < -0.3 is 4.57 Å². The van der Waals surface area contributed by atoms with Crippen molar-refractivity contribution in [2.75, 3.05) is 6.26 Å². The Balaban J connectivity index is 1.86. The molecular formula is C17H18N2S2. The highest BCUT2D eigenvalue weighted by Crippen LogP contribution is 2.33. The van der Waals surface area contributed by atoms with Crippen molar-refractivity contribution in [2.45, 2.75) is 23.6 Å². The standard InChI is InChI=1S/C17H18N2S2/c1-3-15(19-11-10-18-12-19)13-4-6-14(7-5-13)16-8-9-17(20-2)21-16/h4-12,15H,3H2,1-2H3. The van der Waals surface area contributed by atoms with Gasteiger partial charge in [0.15, 0.2) is 0 Å². The molecule has 0 spiro atoms. The molecule has 21 heavy (non-hydrogen) atoms. The molecule has 108 valence electrons. The SMILES string of the molecule is CCC(c1ccc(-c2ccc(SC)s2)cc1)n1ccnc1. The van der Waals surface area contributed by atoms with E-state index >= 15 is 0 Å². The summed E-state index contributed by atoms with van der Waals surface area (Å²) in [5.74, 6) is 0. The molecule has 0 bridgehead atoms. The van der Waals surface area contributed by atoms with Crippen LogP contribution in [0.3, 0.4) is 0 Å². The molecule has 0 saturated heterocycles. The molecule has 0 aliphatic carbocycles. The van der Waals surface area contributed by atoms with Crippen LogP contribution in [0.1, 0.15) is 24.9 Å². The highest BCUT2D eigenvalue weighted by Gasteiger charge is 2.11. The number of thioether (sulfide) groups is 1. The molecule has 0 N–H and O–H groups in total. The van der Waals surface area contributed by atoms with E-state index in [4.69, 9.17) is 0 Å². The van der Waals surface area contributed by atoms with Gasteiger partial charge in [-0.2, -0.15) is 0 Å². The predicted molar refractivity (Wildman–Crippen MR) is 92.2 cm³/mol. The van der Waals surface area contributed by atoms with E-state index in [2.05, 4.69) is 59.1 Å². The van der Waals surface area contributed by atoms with E-state index in [1.165, 1.54) is 20.2 Å². The third-order valence-electron chi connectivity index (χ3n) is 3.63. The van der Waals surface area contributed by atoms with Crippen LogP contribution in [0.15, 0.2) is 59.3 Å². The number of hydrogen-bond donors (Lipinski definition) is 0. The van der Waals surface area contributed by atoms with E-state index in [0.29, 0.717) is 6.04 Å². The van der Waals surface area contributed by atoms with Gasteiger partial charge >= 0.3 is 0 Å². The number of benzene rings is 1. The molecule has 3 rings (SSSR count). The first-order valence-corrected chi connectivity index (χ1v) is 9.07. The van der Waals surface area contributed by atoms with Crippen molar-refractivity contribution in [3.05, 3.63) is 60.7 Å². The van der Waals surface area contributed by atoms with Gasteiger partial charge in [-0.1, -0.05) is 31.2 Å². The summed E-state index contributed by atoms with van der Waals surface area (Å²) in [5.41, 5.74) is 2.63. The Hall–Kier alpha value is -1.52. The number of thiophene rings is 1. The number of rotatable bonds is 5. The fraction of sp³-hybridized carbons (Fsp3) is 0.235. The monoisotopic (exact) mass is 314 g/mol. The van der Waals surface area contributed by atoms with E-state index < -0.39 is 0 Å². The fourth-order valence-electron chi connectivity index (χ4n) is 2.53. The second-order valence-corrected chi connectivity index (χ2v) is 7.07. The van der Waals surface area contributed by atoms with Crippen LogP contribution in [0.2, 0.25) is 0 Å². The van der Waals surface area contributed by atoms with Gasteiger partial charge in [-0.15, -0.1) is 23.1 Å². The third-order valence-corrected chi connectivity index (χ3v) is 5.85. The molecule has 4 heteroatoms. The largest absolute Gasteiger partial charge is 0.330 e. The minimum Gasteiger partial charge on any atom is -0.330 e. The summed E-state index contributed by atoms with van der Waals surface area (Å²) in [6.07, 6.45) is 8.95. The van der Waals surface area contributed by atoms with Crippen LogP contribution in [0.4, 0.5) is 0 Å². The number of hydrogen-bond acceptors (Lipinski definition) is 3. The van der Waals surface area contributed by atoms with Crippen LogP contribution < -0.4 is 0 Å². The minimum atomic E-state index is 0.367. The fourth-order valence-corrected chi connectivity index (χ4v) is 4.08. The van der Waals surface area contributed by atoms with Gasteiger partial charge in [-0.3, -0.25) is 0 Å². The Morgan fingerprint density at radius 3 is 2.57 bits per heavy atom. The molecule has 0 fully saturated rings. The van der Waals surface area contributed by atoms with E-state index in [-0.39, 0.29) is 0 Å². The molecule has 3 aromatic rings. The summed E-state index contributed by atoms with van der Waals surface area (Å²) in [6, 6.07) is 13.7. The maximum atomic E-state index is 4.16. The third kappa shape index (κ3) is 3.06. The molecule has 0 radical (unpaired) electrons. The van der Waals surface area contributed by atoms with E-state index in [1.807, 2.05) is 30.1 Å². The Labute approximate surface area is 133 Å². The maximum absolute atomic E-state index is 4.16. The van der Waals surface area contributed by atoms with Crippen LogP contribution in [0.25, 0.3) is 10.4 Å². The van der Waals surface area contributed by atoms with Crippen LogP contribution in [-0.2, 0) is 0 Å². The van der Waals surface area contributed by atoms with Crippen molar-refractivity contribution in [1.29, 1.82) is 0 Å². The van der Waals surface area contributed by atoms with Crippen molar-refractivity contribution in [2.24, 2.45) is 0 Å². The Morgan fingerprint density at radius 1 is 1.19 bits per heavy atom. The molecule has 1 atom stereocenters. The number of nitrogens with zero attached hydrogens (tertiary/aromatic N) is 2. The Kier molecular flexibility index (Phi) is 4.46. The first kappa shape index (κ1) is 14.4. The molecule has 2 heterocycles. The molecular weight excluding hydrogens is 296 g/mol. The highest BCUT2D eigenvalue weighted by atomic mass is 32.2. The summed E-state index contributed by atoms with van der Waals surface area (Å²) in [5, 5.41) is 0. The van der Waals surface area contributed by atoms with Gasteiger partial charge in [-0.25, -0.2) is 4.98 Å². The van der Waals surface area contributed by atoms with Crippen molar-refractivity contribution >= 4 is 23.1 Å². The van der Waals surface area contributed by atoms with E-state index in [1.54, 1.807) is 11.8 Å². The molecule has 2 nitrogen and oxygen atoms in total. The van der Waals surface area contributed by atoms with Gasteiger partial charge in [-0.05, 0) is 35.9 Å². The van der Waals surface area contributed by atoms with Crippen molar-refractivity contribution < 1.29 is 0 Å². The van der Waals surface area contributed by atoms with Crippen molar-refractivity contribution in [3.8, 4) is 10.4 Å². The minimum absolute atomic E-state index is 0.367. The molecule has 0 saturated carbocycles. The smallest absolute Gasteiger partial charge is 0.0951 e. The molecule has 0 aliphatic rings. The van der Waals surface area contributed by atoms with Crippen LogP contribution >= 0.6 is 23.1 Å². The summed E-state index contributed by atoms with van der Waals surface area (Å²) in [7, 11) is 0. The quantitative estimate of drug-likeness (QED) is 0.592. The predicted octanol–water partition coefficient (Wildman–Crippen LogP) is 5.33. The zero-order chi connectivity index (χ0) is 14.7. The average molecular weight is 314 g/mol. The summed E-state index contributed by atoms with van der Waals surface area (Å²) in [6.45, 7) is 2.21. The lowest BCUT2D eigenvalue weighted by Gasteiger charge is -2.17. The number of aromatic nitrogens is 2. The van der Waals surface area contributed by atoms with E-state index in [0.717, 1.165) is 6.42 Å². The average Bonchev–Trinajstić information content (AvgIpc) is 3.20. The second kappa shape index (κ2) is 6.50.